The molecule has 0 aromatic heterocycles. The Hall–Kier alpha value is -1.55. The predicted molar refractivity (Wildman–Crippen MR) is 75.0 cm³/mol. The zero-order valence-electron chi connectivity index (χ0n) is 11.3. The summed E-state index contributed by atoms with van der Waals surface area (Å²) in [6.07, 6.45) is 5.48. The molecule has 0 heterocycles. The Kier molecular flexibility index (Phi) is 8.47. The fourth-order valence-corrected chi connectivity index (χ4v) is 1.72. The number of amides is 1. The number of carbonyl (C=O) groups is 1. The monoisotopic (exact) mass is 265 g/mol. The summed E-state index contributed by atoms with van der Waals surface area (Å²) in [5.74, 6) is 0.528. The minimum absolute atomic E-state index is 0.0327. The van der Waals surface area contributed by atoms with Gasteiger partial charge in [-0.2, -0.15) is 0 Å². The van der Waals surface area contributed by atoms with E-state index in [0.29, 0.717) is 6.61 Å². The molecule has 0 aliphatic carbocycles. The smallest absolute Gasteiger partial charge is 0.243 e. The van der Waals surface area contributed by atoms with Crippen molar-refractivity contribution in [2.45, 2.75) is 32.1 Å². The molecule has 4 nitrogen and oxygen atoms in total. The van der Waals surface area contributed by atoms with Gasteiger partial charge in [0.2, 0.25) is 5.91 Å². The lowest BCUT2D eigenvalue weighted by Gasteiger charge is -2.05. The Morgan fingerprint density at radius 1 is 0.947 bits per heavy atom. The molecule has 0 fully saturated rings. The highest BCUT2D eigenvalue weighted by atomic mass is 16.5. The molecule has 1 aromatic carbocycles. The van der Waals surface area contributed by atoms with E-state index in [1.54, 1.807) is 0 Å². The van der Waals surface area contributed by atoms with Crippen molar-refractivity contribution in [2.24, 2.45) is 5.73 Å². The second-order valence-corrected chi connectivity index (χ2v) is 4.45. The maximum atomic E-state index is 10.4. The van der Waals surface area contributed by atoms with E-state index in [2.05, 4.69) is 0 Å². The van der Waals surface area contributed by atoms with Crippen molar-refractivity contribution in [1.82, 2.24) is 0 Å². The van der Waals surface area contributed by atoms with Crippen LogP contribution in [-0.2, 0) is 9.53 Å². The Morgan fingerprint density at radius 2 is 1.58 bits per heavy atom. The number of nitrogens with two attached hydrogens (primary N) is 1. The van der Waals surface area contributed by atoms with Crippen LogP contribution in [0, 0.1) is 0 Å². The molecule has 0 radical (unpaired) electrons. The Labute approximate surface area is 114 Å². The van der Waals surface area contributed by atoms with Gasteiger partial charge in [-0.15, -0.1) is 0 Å². The molecule has 0 saturated carbocycles. The van der Waals surface area contributed by atoms with E-state index in [4.69, 9.17) is 15.2 Å². The van der Waals surface area contributed by atoms with Gasteiger partial charge in [0.1, 0.15) is 12.4 Å². The number of primary amides is 1. The van der Waals surface area contributed by atoms with E-state index in [0.717, 1.165) is 44.5 Å². The third-order valence-electron chi connectivity index (χ3n) is 2.69. The molecule has 19 heavy (non-hydrogen) atoms. The molecule has 0 unspecified atom stereocenters. The zero-order valence-corrected chi connectivity index (χ0v) is 11.3. The molecule has 4 heteroatoms. The minimum atomic E-state index is -0.405. The highest BCUT2D eigenvalue weighted by Crippen LogP contribution is 2.10. The SMILES string of the molecule is NC(=O)COCCCCCCCOc1ccccc1. The van der Waals surface area contributed by atoms with Gasteiger partial charge in [-0.25, -0.2) is 0 Å². The van der Waals surface area contributed by atoms with Crippen LogP contribution in [0.25, 0.3) is 0 Å². The summed E-state index contributed by atoms with van der Waals surface area (Å²) in [7, 11) is 0. The van der Waals surface area contributed by atoms with Crippen LogP contribution in [-0.4, -0.2) is 25.7 Å². The molecule has 0 spiro atoms. The number of unbranched alkanes of at least 4 members (excludes halogenated alkanes) is 4. The van der Waals surface area contributed by atoms with Gasteiger partial charge in [0, 0.05) is 6.61 Å². The van der Waals surface area contributed by atoms with Gasteiger partial charge in [-0.3, -0.25) is 4.79 Å². The van der Waals surface area contributed by atoms with E-state index < -0.39 is 5.91 Å². The molecule has 1 rings (SSSR count). The van der Waals surface area contributed by atoms with Crippen LogP contribution in [0.5, 0.6) is 5.75 Å². The fourth-order valence-electron chi connectivity index (χ4n) is 1.72. The molecule has 0 saturated heterocycles. The molecule has 0 aliphatic rings. The van der Waals surface area contributed by atoms with Crippen LogP contribution in [0.15, 0.2) is 30.3 Å². The average molecular weight is 265 g/mol. The van der Waals surface area contributed by atoms with Crippen molar-refractivity contribution in [3.8, 4) is 5.75 Å². The Morgan fingerprint density at radius 3 is 2.26 bits per heavy atom. The minimum Gasteiger partial charge on any atom is -0.494 e. The zero-order chi connectivity index (χ0) is 13.8. The van der Waals surface area contributed by atoms with Gasteiger partial charge in [0.15, 0.2) is 0 Å². The predicted octanol–water partition coefficient (Wildman–Crippen LogP) is 2.52. The first kappa shape index (κ1) is 15.5. The molecular weight excluding hydrogens is 242 g/mol. The highest BCUT2D eigenvalue weighted by molar-refractivity contribution is 5.74. The van der Waals surface area contributed by atoms with Crippen molar-refractivity contribution in [1.29, 1.82) is 0 Å². The van der Waals surface area contributed by atoms with Crippen LogP contribution in [0.1, 0.15) is 32.1 Å². The molecule has 0 aliphatic heterocycles. The Bertz CT molecular complexity index is 341. The molecular formula is C15H23NO3. The lowest BCUT2D eigenvalue weighted by molar-refractivity contribution is -0.122. The third-order valence-corrected chi connectivity index (χ3v) is 2.69. The number of rotatable bonds is 11. The average Bonchev–Trinajstić information content (AvgIpc) is 2.42. The maximum Gasteiger partial charge on any atom is 0.243 e. The van der Waals surface area contributed by atoms with E-state index >= 15 is 0 Å². The van der Waals surface area contributed by atoms with E-state index in [-0.39, 0.29) is 6.61 Å². The van der Waals surface area contributed by atoms with Gasteiger partial charge in [-0.1, -0.05) is 37.5 Å². The van der Waals surface area contributed by atoms with Crippen LogP contribution >= 0.6 is 0 Å². The summed E-state index contributed by atoms with van der Waals surface area (Å²) in [6, 6.07) is 9.86. The summed E-state index contributed by atoms with van der Waals surface area (Å²) in [4.78, 5) is 10.4. The number of ether oxygens (including phenoxy) is 2. The molecule has 0 atom stereocenters. The summed E-state index contributed by atoms with van der Waals surface area (Å²) in [6.45, 7) is 1.41. The highest BCUT2D eigenvalue weighted by Gasteiger charge is 1.95. The van der Waals surface area contributed by atoms with Crippen molar-refractivity contribution in [3.05, 3.63) is 30.3 Å². The number of para-hydroxylation sites is 1. The van der Waals surface area contributed by atoms with Gasteiger partial charge in [-0.05, 0) is 25.0 Å². The van der Waals surface area contributed by atoms with E-state index in [9.17, 15) is 4.79 Å². The van der Waals surface area contributed by atoms with Crippen LogP contribution in [0.3, 0.4) is 0 Å². The number of carbonyl (C=O) groups excluding carboxylic acids is 1. The van der Waals surface area contributed by atoms with Gasteiger partial charge < -0.3 is 15.2 Å². The van der Waals surface area contributed by atoms with Crippen molar-refractivity contribution < 1.29 is 14.3 Å². The van der Waals surface area contributed by atoms with Gasteiger partial charge >= 0.3 is 0 Å². The fraction of sp³-hybridized carbons (Fsp3) is 0.533. The van der Waals surface area contributed by atoms with Crippen molar-refractivity contribution in [3.63, 3.8) is 0 Å². The Balaban J connectivity index is 1.83. The quantitative estimate of drug-likeness (QED) is 0.625. The van der Waals surface area contributed by atoms with Gasteiger partial charge in [0.25, 0.3) is 0 Å². The van der Waals surface area contributed by atoms with Crippen LogP contribution in [0.2, 0.25) is 0 Å². The molecule has 2 N–H and O–H groups in total. The van der Waals surface area contributed by atoms with Crippen LogP contribution in [0.4, 0.5) is 0 Å². The first-order chi connectivity index (χ1) is 9.29. The number of hydrogen-bond donors (Lipinski definition) is 1. The lowest BCUT2D eigenvalue weighted by Crippen LogP contribution is -2.18. The van der Waals surface area contributed by atoms with Crippen molar-refractivity contribution in [2.75, 3.05) is 19.8 Å². The van der Waals surface area contributed by atoms with E-state index in [1.165, 1.54) is 0 Å². The summed E-state index contributed by atoms with van der Waals surface area (Å²) in [5.41, 5.74) is 4.96. The molecule has 1 amide bonds. The topological polar surface area (TPSA) is 61.6 Å². The summed E-state index contributed by atoms with van der Waals surface area (Å²) < 4.78 is 10.7. The van der Waals surface area contributed by atoms with Crippen LogP contribution < -0.4 is 10.5 Å². The summed E-state index contributed by atoms with van der Waals surface area (Å²) >= 11 is 0. The maximum absolute atomic E-state index is 10.4. The number of benzene rings is 1. The summed E-state index contributed by atoms with van der Waals surface area (Å²) in [5, 5.41) is 0. The standard InChI is InChI=1S/C15H23NO3/c16-15(17)13-18-11-7-2-1-3-8-12-19-14-9-5-4-6-10-14/h4-6,9-10H,1-3,7-8,11-13H2,(H2,16,17). The second kappa shape index (κ2) is 10.4. The first-order valence-corrected chi connectivity index (χ1v) is 6.83. The van der Waals surface area contributed by atoms with Gasteiger partial charge in [0.05, 0.1) is 6.61 Å². The van der Waals surface area contributed by atoms with Crippen molar-refractivity contribution >= 4 is 5.91 Å². The largest absolute Gasteiger partial charge is 0.494 e. The van der Waals surface area contributed by atoms with E-state index in [1.807, 2.05) is 30.3 Å². The lowest BCUT2D eigenvalue weighted by atomic mass is 10.1. The molecule has 106 valence electrons. The molecule has 1 aromatic rings. The third kappa shape index (κ3) is 9.08. The first-order valence-electron chi connectivity index (χ1n) is 6.83. The normalized spacial score (nSPS) is 10.3. The molecule has 0 bridgehead atoms. The second-order valence-electron chi connectivity index (χ2n) is 4.45. The number of hydrogen-bond acceptors (Lipinski definition) is 3.